The molecule has 0 aliphatic heterocycles. The van der Waals surface area contributed by atoms with Crippen LogP contribution < -0.4 is 5.73 Å². The summed E-state index contributed by atoms with van der Waals surface area (Å²) < 4.78 is 0. The first-order chi connectivity index (χ1) is 8.59. The number of hydrogen-bond donors (Lipinski definition) is 1. The van der Waals surface area contributed by atoms with Gasteiger partial charge in [-0.25, -0.2) is 0 Å². The lowest BCUT2D eigenvalue weighted by molar-refractivity contribution is -0.123. The second kappa shape index (κ2) is 5.49. The molecule has 0 unspecified atom stereocenters. The predicted octanol–water partition coefficient (Wildman–Crippen LogP) is 2.96. The summed E-state index contributed by atoms with van der Waals surface area (Å²) in [5, 5.41) is 0. The molecular weight excluding hydrogens is 222 g/mol. The molecule has 2 heteroatoms. The number of benzene rings is 1. The molecular formula is C16H21NO. The van der Waals surface area contributed by atoms with Crippen LogP contribution in [0.15, 0.2) is 30.3 Å². The Bertz CT molecular complexity index is 474. The molecule has 1 aromatic rings. The number of rotatable bonds is 4. The number of nitrogens with two attached hydrogens (primary N) is 1. The monoisotopic (exact) mass is 243 g/mol. The van der Waals surface area contributed by atoms with Crippen molar-refractivity contribution in [3.63, 3.8) is 0 Å². The van der Waals surface area contributed by atoms with Gasteiger partial charge in [-0.1, -0.05) is 44.2 Å². The van der Waals surface area contributed by atoms with E-state index in [1.807, 2.05) is 19.9 Å². The largest absolute Gasteiger partial charge is 0.321 e. The average Bonchev–Trinajstić information content (AvgIpc) is 2.38. The molecule has 0 heterocycles. The van der Waals surface area contributed by atoms with Crippen molar-refractivity contribution >= 4 is 11.4 Å². The first-order valence-electron chi connectivity index (χ1n) is 6.66. The molecule has 0 bridgehead atoms. The number of ketones is 1. The van der Waals surface area contributed by atoms with E-state index in [-0.39, 0.29) is 17.7 Å². The second-order valence-corrected chi connectivity index (χ2v) is 5.29. The molecule has 0 saturated carbocycles. The highest BCUT2D eigenvalue weighted by atomic mass is 16.1. The fourth-order valence-electron chi connectivity index (χ4n) is 2.52. The average molecular weight is 243 g/mol. The molecule has 1 aliphatic rings. The summed E-state index contributed by atoms with van der Waals surface area (Å²) in [6.07, 6.45) is 5.03. The summed E-state index contributed by atoms with van der Waals surface area (Å²) in [6, 6.07) is 8.04. The minimum atomic E-state index is -0.373. The van der Waals surface area contributed by atoms with Crippen LogP contribution >= 0.6 is 0 Å². The van der Waals surface area contributed by atoms with Crippen molar-refractivity contribution in [1.29, 1.82) is 0 Å². The third-order valence-electron chi connectivity index (χ3n) is 3.54. The zero-order valence-corrected chi connectivity index (χ0v) is 11.1. The SMILES string of the molecule is CC(C)C(=O)[C@@H](N)CC1=CCCc2ccccc21. The van der Waals surface area contributed by atoms with E-state index in [0.717, 1.165) is 12.8 Å². The van der Waals surface area contributed by atoms with Gasteiger partial charge in [0, 0.05) is 5.92 Å². The van der Waals surface area contributed by atoms with Gasteiger partial charge in [-0.2, -0.15) is 0 Å². The number of fused-ring (bicyclic) bond motifs is 1. The van der Waals surface area contributed by atoms with Gasteiger partial charge >= 0.3 is 0 Å². The molecule has 0 spiro atoms. The quantitative estimate of drug-likeness (QED) is 0.883. The summed E-state index contributed by atoms with van der Waals surface area (Å²) in [5.41, 5.74) is 9.90. The van der Waals surface area contributed by atoms with E-state index in [9.17, 15) is 4.79 Å². The van der Waals surface area contributed by atoms with E-state index >= 15 is 0 Å². The van der Waals surface area contributed by atoms with E-state index in [1.54, 1.807) is 0 Å². The lowest BCUT2D eigenvalue weighted by Crippen LogP contribution is -2.34. The first-order valence-corrected chi connectivity index (χ1v) is 6.66. The van der Waals surface area contributed by atoms with E-state index in [1.165, 1.54) is 16.7 Å². The maximum atomic E-state index is 11.9. The number of Topliss-reactive ketones (excluding diaryl/α,β-unsaturated/α-hetero) is 1. The Hall–Kier alpha value is -1.41. The summed E-state index contributed by atoms with van der Waals surface area (Å²) >= 11 is 0. The van der Waals surface area contributed by atoms with Crippen molar-refractivity contribution < 1.29 is 4.79 Å². The predicted molar refractivity (Wildman–Crippen MR) is 75.2 cm³/mol. The van der Waals surface area contributed by atoms with Crippen molar-refractivity contribution in [3.8, 4) is 0 Å². The Morgan fingerprint density at radius 2 is 2.06 bits per heavy atom. The van der Waals surface area contributed by atoms with Gasteiger partial charge in [0.1, 0.15) is 0 Å². The van der Waals surface area contributed by atoms with Gasteiger partial charge in [-0.3, -0.25) is 4.79 Å². The Kier molecular flexibility index (Phi) is 3.97. The van der Waals surface area contributed by atoms with Crippen LogP contribution in [0.1, 0.15) is 37.8 Å². The fraction of sp³-hybridized carbons (Fsp3) is 0.438. The van der Waals surface area contributed by atoms with Crippen LogP contribution in [0.3, 0.4) is 0 Å². The van der Waals surface area contributed by atoms with Gasteiger partial charge in [-0.05, 0) is 36.0 Å². The summed E-state index contributed by atoms with van der Waals surface area (Å²) in [7, 11) is 0. The molecule has 2 N–H and O–H groups in total. The Morgan fingerprint density at radius 1 is 1.33 bits per heavy atom. The lowest BCUT2D eigenvalue weighted by Gasteiger charge is -2.21. The lowest BCUT2D eigenvalue weighted by atomic mass is 9.86. The molecule has 0 amide bonds. The van der Waals surface area contributed by atoms with Crippen LogP contribution in [0.4, 0.5) is 0 Å². The number of carbonyl (C=O) groups is 1. The van der Waals surface area contributed by atoms with Gasteiger partial charge in [0.05, 0.1) is 6.04 Å². The summed E-state index contributed by atoms with van der Waals surface area (Å²) in [5.74, 6) is 0.165. The zero-order valence-electron chi connectivity index (χ0n) is 11.1. The number of allylic oxidation sites excluding steroid dienone is 1. The van der Waals surface area contributed by atoms with Crippen LogP contribution in [0.5, 0.6) is 0 Å². The fourth-order valence-corrected chi connectivity index (χ4v) is 2.52. The van der Waals surface area contributed by atoms with Crippen molar-refractivity contribution in [2.24, 2.45) is 11.7 Å². The van der Waals surface area contributed by atoms with Gasteiger partial charge < -0.3 is 5.73 Å². The molecule has 0 aromatic heterocycles. The maximum absolute atomic E-state index is 11.9. The second-order valence-electron chi connectivity index (χ2n) is 5.29. The highest BCUT2D eigenvalue weighted by Gasteiger charge is 2.20. The number of hydrogen-bond acceptors (Lipinski definition) is 2. The molecule has 1 atom stereocenters. The van der Waals surface area contributed by atoms with Crippen LogP contribution in [0.25, 0.3) is 5.57 Å². The van der Waals surface area contributed by atoms with E-state index in [0.29, 0.717) is 6.42 Å². The van der Waals surface area contributed by atoms with Crippen molar-refractivity contribution in [3.05, 3.63) is 41.5 Å². The van der Waals surface area contributed by atoms with E-state index in [4.69, 9.17) is 5.73 Å². The topological polar surface area (TPSA) is 43.1 Å². The Morgan fingerprint density at radius 3 is 2.78 bits per heavy atom. The number of aryl methyl sites for hydroxylation is 1. The smallest absolute Gasteiger partial charge is 0.152 e. The van der Waals surface area contributed by atoms with Crippen molar-refractivity contribution in [2.75, 3.05) is 0 Å². The third kappa shape index (κ3) is 2.70. The van der Waals surface area contributed by atoms with E-state index < -0.39 is 0 Å². The molecule has 0 fully saturated rings. The Balaban J connectivity index is 2.15. The molecule has 1 aliphatic carbocycles. The molecule has 0 radical (unpaired) electrons. The first kappa shape index (κ1) is 13.0. The molecule has 0 saturated heterocycles. The van der Waals surface area contributed by atoms with Crippen LogP contribution in [-0.2, 0) is 11.2 Å². The molecule has 2 rings (SSSR count). The van der Waals surface area contributed by atoms with E-state index in [2.05, 4.69) is 24.3 Å². The Labute approximate surface area is 109 Å². The van der Waals surface area contributed by atoms with Gasteiger partial charge in [0.15, 0.2) is 5.78 Å². The van der Waals surface area contributed by atoms with Crippen LogP contribution in [-0.4, -0.2) is 11.8 Å². The van der Waals surface area contributed by atoms with Gasteiger partial charge in [0.25, 0.3) is 0 Å². The highest BCUT2D eigenvalue weighted by molar-refractivity contribution is 5.88. The normalized spacial score (nSPS) is 16.1. The van der Waals surface area contributed by atoms with Crippen LogP contribution in [0, 0.1) is 5.92 Å². The minimum Gasteiger partial charge on any atom is -0.321 e. The highest BCUT2D eigenvalue weighted by Crippen LogP contribution is 2.29. The number of carbonyl (C=O) groups excluding carboxylic acids is 1. The standard InChI is InChI=1S/C16H21NO/c1-11(2)16(18)15(17)10-13-8-5-7-12-6-3-4-9-14(12)13/h3-4,6,8-9,11,15H,5,7,10,17H2,1-2H3/t15-/m0/s1. The van der Waals surface area contributed by atoms with Crippen molar-refractivity contribution in [1.82, 2.24) is 0 Å². The zero-order chi connectivity index (χ0) is 13.1. The molecule has 2 nitrogen and oxygen atoms in total. The van der Waals surface area contributed by atoms with Crippen LogP contribution in [0.2, 0.25) is 0 Å². The molecule has 1 aromatic carbocycles. The third-order valence-corrected chi connectivity index (χ3v) is 3.54. The van der Waals surface area contributed by atoms with Crippen molar-refractivity contribution in [2.45, 2.75) is 39.2 Å². The summed E-state index contributed by atoms with van der Waals surface area (Å²) in [4.78, 5) is 11.9. The molecule has 18 heavy (non-hydrogen) atoms. The molecule has 96 valence electrons. The van der Waals surface area contributed by atoms with Gasteiger partial charge in [-0.15, -0.1) is 0 Å². The minimum absolute atomic E-state index is 0.0134. The maximum Gasteiger partial charge on any atom is 0.152 e. The summed E-state index contributed by atoms with van der Waals surface area (Å²) in [6.45, 7) is 3.82. The van der Waals surface area contributed by atoms with Gasteiger partial charge in [0.2, 0.25) is 0 Å².